The molecule has 118 valence electrons. The second-order valence-electron chi connectivity index (χ2n) is 4.40. The molecule has 1 aromatic rings. The number of carbonyl (C=O) groups excluding carboxylic acids is 2. The van der Waals surface area contributed by atoms with Gasteiger partial charge in [0.15, 0.2) is 6.61 Å². The number of hydrogen-bond acceptors (Lipinski definition) is 4. The maximum Gasteiger partial charge on any atom is 0.257 e. The molecule has 0 spiro atoms. The molecule has 2 amide bonds. The van der Waals surface area contributed by atoms with E-state index in [1.165, 1.54) is 0 Å². The molecule has 0 aliphatic heterocycles. The largest absolute Gasteiger partial charge is 0.484 e. The molecule has 0 saturated carbocycles. The summed E-state index contributed by atoms with van der Waals surface area (Å²) in [5, 5.41) is 5.36. The minimum atomic E-state index is -0.535. The zero-order valence-corrected chi connectivity index (χ0v) is 13.0. The maximum absolute atomic E-state index is 11.4. The zero-order valence-electron chi connectivity index (χ0n) is 12.2. The van der Waals surface area contributed by atoms with Crippen LogP contribution in [0.15, 0.2) is 24.3 Å². The number of rotatable bonds is 7. The Morgan fingerprint density at radius 3 is 2.67 bits per heavy atom. The average molecular weight is 316 g/mol. The van der Waals surface area contributed by atoms with E-state index in [0.717, 1.165) is 5.56 Å². The summed E-state index contributed by atoms with van der Waals surface area (Å²) in [5.41, 5.74) is 6.34. The minimum absolute atomic E-state index is 0. The van der Waals surface area contributed by atoms with Gasteiger partial charge in [0.2, 0.25) is 5.91 Å². The van der Waals surface area contributed by atoms with Gasteiger partial charge in [0.05, 0.1) is 6.04 Å². The summed E-state index contributed by atoms with van der Waals surface area (Å²) in [6, 6.07) is 6.67. The van der Waals surface area contributed by atoms with E-state index >= 15 is 0 Å². The van der Waals surface area contributed by atoms with E-state index in [1.807, 2.05) is 13.0 Å². The number of nitrogens with two attached hydrogens (primary N) is 1. The normalized spacial score (nSPS) is 11.0. The van der Waals surface area contributed by atoms with E-state index < -0.39 is 6.04 Å². The average Bonchev–Trinajstić information content (AvgIpc) is 2.43. The molecule has 0 aliphatic rings. The van der Waals surface area contributed by atoms with Crippen molar-refractivity contribution in [3.63, 3.8) is 0 Å². The summed E-state index contributed by atoms with van der Waals surface area (Å²) in [4.78, 5) is 22.7. The first kappa shape index (κ1) is 19.2. The van der Waals surface area contributed by atoms with Gasteiger partial charge in [-0.15, -0.1) is 12.4 Å². The number of hydrogen-bond donors (Lipinski definition) is 3. The van der Waals surface area contributed by atoms with Gasteiger partial charge in [-0.3, -0.25) is 9.59 Å². The van der Waals surface area contributed by atoms with Crippen molar-refractivity contribution in [1.82, 2.24) is 10.6 Å². The van der Waals surface area contributed by atoms with Gasteiger partial charge in [-0.25, -0.2) is 0 Å². The predicted molar refractivity (Wildman–Crippen MR) is 83.4 cm³/mol. The third-order valence-corrected chi connectivity index (χ3v) is 2.52. The number of benzene rings is 1. The molecule has 0 heterocycles. The van der Waals surface area contributed by atoms with Crippen LogP contribution < -0.4 is 21.1 Å². The van der Waals surface area contributed by atoms with Gasteiger partial charge in [0, 0.05) is 13.1 Å². The topological polar surface area (TPSA) is 93.5 Å². The second-order valence-corrected chi connectivity index (χ2v) is 4.40. The van der Waals surface area contributed by atoms with Crippen LogP contribution in [0.5, 0.6) is 5.75 Å². The van der Waals surface area contributed by atoms with Crippen molar-refractivity contribution in [2.45, 2.75) is 26.4 Å². The van der Waals surface area contributed by atoms with Crippen molar-refractivity contribution in [3.8, 4) is 5.75 Å². The molecule has 0 aliphatic carbocycles. The lowest BCUT2D eigenvalue weighted by molar-refractivity contribution is -0.123. The maximum atomic E-state index is 11.4. The third kappa shape index (κ3) is 7.53. The van der Waals surface area contributed by atoms with Crippen molar-refractivity contribution < 1.29 is 14.3 Å². The Labute approximate surface area is 130 Å². The highest BCUT2D eigenvalue weighted by atomic mass is 35.5. The molecule has 0 bridgehead atoms. The Kier molecular flexibility index (Phi) is 9.16. The van der Waals surface area contributed by atoms with Crippen LogP contribution >= 0.6 is 12.4 Å². The summed E-state index contributed by atoms with van der Waals surface area (Å²) in [5.74, 6) is 0.214. The molecule has 1 atom stereocenters. The van der Waals surface area contributed by atoms with Gasteiger partial charge in [0.25, 0.3) is 5.91 Å². The van der Waals surface area contributed by atoms with Crippen LogP contribution in [0.25, 0.3) is 0 Å². The predicted octanol–water partition coefficient (Wildman–Crippen LogP) is 0.587. The van der Waals surface area contributed by atoms with Crippen LogP contribution in [0.1, 0.15) is 19.4 Å². The lowest BCUT2D eigenvalue weighted by Crippen LogP contribution is -2.37. The van der Waals surface area contributed by atoms with E-state index in [-0.39, 0.29) is 30.8 Å². The van der Waals surface area contributed by atoms with Gasteiger partial charge >= 0.3 is 0 Å². The molecule has 7 heteroatoms. The van der Waals surface area contributed by atoms with Crippen molar-refractivity contribution in [2.24, 2.45) is 5.73 Å². The van der Waals surface area contributed by atoms with Crippen molar-refractivity contribution >= 4 is 24.2 Å². The zero-order chi connectivity index (χ0) is 15.0. The first-order chi connectivity index (χ1) is 9.52. The Morgan fingerprint density at radius 2 is 2.05 bits per heavy atom. The molecular weight excluding hydrogens is 294 g/mol. The van der Waals surface area contributed by atoms with Crippen molar-refractivity contribution in [1.29, 1.82) is 0 Å². The minimum Gasteiger partial charge on any atom is -0.484 e. The second kappa shape index (κ2) is 10.0. The van der Waals surface area contributed by atoms with Crippen LogP contribution in [0.2, 0.25) is 0 Å². The highest BCUT2D eigenvalue weighted by molar-refractivity contribution is 5.85. The summed E-state index contributed by atoms with van der Waals surface area (Å²) >= 11 is 0. The SMILES string of the molecule is CCNC(=O)COc1cccc(CNC(=O)[C@H](C)N)c1.Cl. The fourth-order valence-electron chi connectivity index (χ4n) is 1.49. The Bertz CT molecular complexity index is 467. The van der Waals surface area contributed by atoms with E-state index in [4.69, 9.17) is 10.5 Å². The van der Waals surface area contributed by atoms with Crippen LogP contribution in [0, 0.1) is 0 Å². The summed E-state index contributed by atoms with van der Waals surface area (Å²) in [6.07, 6.45) is 0. The third-order valence-electron chi connectivity index (χ3n) is 2.52. The molecule has 0 fully saturated rings. The summed E-state index contributed by atoms with van der Waals surface area (Å²) < 4.78 is 5.37. The monoisotopic (exact) mass is 315 g/mol. The number of ether oxygens (including phenoxy) is 1. The lowest BCUT2D eigenvalue weighted by atomic mass is 10.2. The number of amides is 2. The van der Waals surface area contributed by atoms with Gasteiger partial charge in [-0.05, 0) is 31.5 Å². The standard InChI is InChI=1S/C14H21N3O3.ClH/c1-3-16-13(18)9-20-12-6-4-5-11(7-12)8-17-14(19)10(2)15;/h4-7,10H,3,8-9,15H2,1-2H3,(H,16,18)(H,17,19);1H/t10-;/m0./s1. The molecule has 1 aromatic carbocycles. The highest BCUT2D eigenvalue weighted by Gasteiger charge is 2.07. The molecule has 0 radical (unpaired) electrons. The Morgan fingerprint density at radius 1 is 1.33 bits per heavy atom. The lowest BCUT2D eigenvalue weighted by Gasteiger charge is -2.10. The number of halogens is 1. The van der Waals surface area contributed by atoms with E-state index in [9.17, 15) is 9.59 Å². The van der Waals surface area contributed by atoms with Crippen LogP contribution in [0.4, 0.5) is 0 Å². The fraction of sp³-hybridized carbons (Fsp3) is 0.429. The number of carbonyl (C=O) groups is 2. The number of nitrogens with one attached hydrogen (secondary N) is 2. The van der Waals surface area contributed by atoms with Gasteiger partial charge in [-0.2, -0.15) is 0 Å². The smallest absolute Gasteiger partial charge is 0.257 e. The molecule has 1 rings (SSSR count). The Balaban J connectivity index is 0.00000400. The summed E-state index contributed by atoms with van der Waals surface area (Å²) in [7, 11) is 0. The van der Waals surface area contributed by atoms with Crippen LogP contribution in [-0.2, 0) is 16.1 Å². The summed E-state index contributed by atoms with van der Waals surface area (Å²) in [6.45, 7) is 4.40. The highest BCUT2D eigenvalue weighted by Crippen LogP contribution is 2.13. The van der Waals surface area contributed by atoms with Crippen molar-refractivity contribution in [3.05, 3.63) is 29.8 Å². The van der Waals surface area contributed by atoms with E-state index in [1.54, 1.807) is 25.1 Å². The molecule has 4 N–H and O–H groups in total. The molecule has 0 saturated heterocycles. The first-order valence-corrected chi connectivity index (χ1v) is 6.54. The van der Waals surface area contributed by atoms with E-state index in [2.05, 4.69) is 10.6 Å². The molecule has 6 nitrogen and oxygen atoms in total. The molecule has 0 unspecified atom stereocenters. The van der Waals surface area contributed by atoms with Crippen LogP contribution in [0.3, 0.4) is 0 Å². The van der Waals surface area contributed by atoms with Gasteiger partial charge < -0.3 is 21.1 Å². The van der Waals surface area contributed by atoms with Crippen molar-refractivity contribution in [2.75, 3.05) is 13.2 Å². The van der Waals surface area contributed by atoms with E-state index in [0.29, 0.717) is 18.8 Å². The molecular formula is C14H22ClN3O3. The van der Waals surface area contributed by atoms with Crippen LogP contribution in [-0.4, -0.2) is 31.0 Å². The van der Waals surface area contributed by atoms with Gasteiger partial charge in [-0.1, -0.05) is 12.1 Å². The first-order valence-electron chi connectivity index (χ1n) is 6.54. The molecule has 21 heavy (non-hydrogen) atoms. The Hall–Kier alpha value is -1.79. The van der Waals surface area contributed by atoms with Gasteiger partial charge in [0.1, 0.15) is 5.75 Å². The number of likely N-dealkylation sites (N-methyl/N-ethyl adjacent to an activating group) is 1. The fourth-order valence-corrected chi connectivity index (χ4v) is 1.49. The quantitative estimate of drug-likeness (QED) is 0.686. The molecule has 0 aromatic heterocycles.